The highest BCUT2D eigenvalue weighted by Gasteiger charge is 2.06. The van der Waals surface area contributed by atoms with E-state index in [1.165, 1.54) is 16.3 Å². The summed E-state index contributed by atoms with van der Waals surface area (Å²) in [6.45, 7) is 4.28. The van der Waals surface area contributed by atoms with Crippen molar-refractivity contribution in [2.75, 3.05) is 0 Å². The molecule has 2 aromatic rings. The summed E-state index contributed by atoms with van der Waals surface area (Å²) < 4.78 is 0. The maximum atomic E-state index is 11.4. The molecule has 2 aromatic carbocycles. The molecule has 0 bridgehead atoms. The molecular formula is C15H18N2O. The monoisotopic (exact) mass is 242 g/mol. The van der Waals surface area contributed by atoms with Gasteiger partial charge in [0, 0.05) is 6.54 Å². The van der Waals surface area contributed by atoms with Gasteiger partial charge in [-0.05, 0) is 36.2 Å². The number of fused-ring (bicyclic) bond motifs is 1. The van der Waals surface area contributed by atoms with E-state index < -0.39 is 6.04 Å². The fourth-order valence-electron chi connectivity index (χ4n) is 1.87. The van der Waals surface area contributed by atoms with E-state index in [-0.39, 0.29) is 5.91 Å². The van der Waals surface area contributed by atoms with Crippen molar-refractivity contribution < 1.29 is 4.79 Å². The van der Waals surface area contributed by atoms with Gasteiger partial charge in [0.2, 0.25) is 5.91 Å². The molecule has 1 amide bonds. The third kappa shape index (κ3) is 2.87. The predicted octanol–water partition coefficient (Wildman–Crippen LogP) is 2.11. The predicted molar refractivity (Wildman–Crippen MR) is 74.2 cm³/mol. The minimum Gasteiger partial charge on any atom is -0.351 e. The summed E-state index contributed by atoms with van der Waals surface area (Å²) in [5.41, 5.74) is 7.83. The maximum Gasteiger partial charge on any atom is 0.236 e. The molecule has 1 unspecified atom stereocenters. The molecule has 0 radical (unpaired) electrons. The van der Waals surface area contributed by atoms with E-state index in [2.05, 4.69) is 42.6 Å². The molecule has 0 aliphatic heterocycles. The number of amides is 1. The minimum absolute atomic E-state index is 0.126. The first-order valence-corrected chi connectivity index (χ1v) is 6.09. The topological polar surface area (TPSA) is 55.1 Å². The van der Waals surface area contributed by atoms with E-state index in [0.29, 0.717) is 6.54 Å². The van der Waals surface area contributed by atoms with Crippen LogP contribution in [0, 0.1) is 6.92 Å². The van der Waals surface area contributed by atoms with Gasteiger partial charge >= 0.3 is 0 Å². The van der Waals surface area contributed by atoms with Crippen molar-refractivity contribution in [3.63, 3.8) is 0 Å². The van der Waals surface area contributed by atoms with Crippen molar-refractivity contribution in [2.24, 2.45) is 5.73 Å². The molecule has 3 nitrogen and oxygen atoms in total. The number of nitrogens with two attached hydrogens (primary N) is 1. The molecular weight excluding hydrogens is 224 g/mol. The Hall–Kier alpha value is -1.87. The Labute approximate surface area is 107 Å². The van der Waals surface area contributed by atoms with Crippen LogP contribution in [0.4, 0.5) is 0 Å². The number of nitrogens with one attached hydrogen (secondary N) is 1. The quantitative estimate of drug-likeness (QED) is 0.866. The van der Waals surface area contributed by atoms with Crippen LogP contribution in [0.25, 0.3) is 10.8 Å². The molecule has 3 heteroatoms. The molecule has 2 rings (SSSR count). The first-order chi connectivity index (χ1) is 8.56. The van der Waals surface area contributed by atoms with Crippen LogP contribution in [0.1, 0.15) is 18.1 Å². The van der Waals surface area contributed by atoms with Crippen LogP contribution >= 0.6 is 0 Å². The number of benzene rings is 2. The van der Waals surface area contributed by atoms with Gasteiger partial charge < -0.3 is 11.1 Å². The lowest BCUT2D eigenvalue weighted by Gasteiger charge is -2.08. The third-order valence-corrected chi connectivity index (χ3v) is 2.94. The lowest BCUT2D eigenvalue weighted by molar-refractivity contribution is -0.122. The molecule has 0 fully saturated rings. The minimum atomic E-state index is -0.465. The summed E-state index contributed by atoms with van der Waals surface area (Å²) in [6.07, 6.45) is 0. The average Bonchev–Trinajstić information content (AvgIpc) is 2.35. The van der Waals surface area contributed by atoms with Crippen molar-refractivity contribution in [3.05, 3.63) is 47.5 Å². The maximum absolute atomic E-state index is 11.4. The molecule has 94 valence electrons. The van der Waals surface area contributed by atoms with Gasteiger partial charge in [-0.15, -0.1) is 0 Å². The fourth-order valence-corrected chi connectivity index (χ4v) is 1.87. The van der Waals surface area contributed by atoms with Crippen molar-refractivity contribution in [1.29, 1.82) is 0 Å². The Bertz CT molecular complexity index is 576. The second-order valence-corrected chi connectivity index (χ2v) is 4.69. The van der Waals surface area contributed by atoms with Crippen molar-refractivity contribution >= 4 is 16.7 Å². The van der Waals surface area contributed by atoms with Gasteiger partial charge in [0.25, 0.3) is 0 Å². The van der Waals surface area contributed by atoms with Crippen LogP contribution < -0.4 is 11.1 Å². The van der Waals surface area contributed by atoms with E-state index >= 15 is 0 Å². The number of rotatable bonds is 3. The van der Waals surface area contributed by atoms with Crippen molar-refractivity contribution in [3.8, 4) is 0 Å². The highest BCUT2D eigenvalue weighted by Crippen LogP contribution is 2.17. The summed E-state index contributed by atoms with van der Waals surface area (Å²) in [5, 5.41) is 5.22. The Balaban J connectivity index is 2.15. The number of aryl methyl sites for hydroxylation is 1. The van der Waals surface area contributed by atoms with Gasteiger partial charge in [0.1, 0.15) is 0 Å². The molecule has 0 saturated heterocycles. The number of hydrogen-bond acceptors (Lipinski definition) is 2. The molecule has 0 aliphatic carbocycles. The van der Waals surface area contributed by atoms with Gasteiger partial charge in [-0.1, -0.05) is 35.9 Å². The Kier molecular flexibility index (Phi) is 3.63. The molecule has 0 aromatic heterocycles. The van der Waals surface area contributed by atoms with Crippen LogP contribution in [0.15, 0.2) is 36.4 Å². The zero-order valence-corrected chi connectivity index (χ0v) is 10.7. The molecule has 0 aliphatic rings. The summed E-state index contributed by atoms with van der Waals surface area (Å²) in [4.78, 5) is 11.4. The van der Waals surface area contributed by atoms with E-state index in [9.17, 15) is 4.79 Å². The van der Waals surface area contributed by atoms with Gasteiger partial charge in [-0.2, -0.15) is 0 Å². The SMILES string of the molecule is Cc1ccc2cc(CNC(=O)C(C)N)ccc2c1. The van der Waals surface area contributed by atoms with Gasteiger partial charge in [-0.25, -0.2) is 0 Å². The zero-order chi connectivity index (χ0) is 13.1. The second kappa shape index (κ2) is 5.19. The molecule has 3 N–H and O–H groups in total. The molecule has 0 heterocycles. The summed E-state index contributed by atoms with van der Waals surface area (Å²) in [7, 11) is 0. The molecule has 18 heavy (non-hydrogen) atoms. The largest absolute Gasteiger partial charge is 0.351 e. The van der Waals surface area contributed by atoms with Gasteiger partial charge in [-0.3, -0.25) is 4.79 Å². The lowest BCUT2D eigenvalue weighted by Crippen LogP contribution is -2.37. The summed E-state index contributed by atoms with van der Waals surface area (Å²) in [5.74, 6) is -0.126. The smallest absolute Gasteiger partial charge is 0.236 e. The third-order valence-electron chi connectivity index (χ3n) is 2.94. The lowest BCUT2D eigenvalue weighted by atomic mass is 10.0. The number of carbonyl (C=O) groups is 1. The van der Waals surface area contributed by atoms with E-state index in [1.807, 2.05) is 6.07 Å². The fraction of sp³-hybridized carbons (Fsp3) is 0.267. The highest BCUT2D eigenvalue weighted by atomic mass is 16.2. The van der Waals surface area contributed by atoms with E-state index in [0.717, 1.165) is 5.56 Å². The van der Waals surface area contributed by atoms with Crippen LogP contribution in [-0.2, 0) is 11.3 Å². The summed E-state index contributed by atoms with van der Waals surface area (Å²) >= 11 is 0. The zero-order valence-electron chi connectivity index (χ0n) is 10.7. The molecule has 1 atom stereocenters. The van der Waals surface area contributed by atoms with Gasteiger partial charge in [0.15, 0.2) is 0 Å². The first-order valence-electron chi connectivity index (χ1n) is 6.09. The van der Waals surface area contributed by atoms with Crippen LogP contribution in [0.3, 0.4) is 0 Å². The van der Waals surface area contributed by atoms with Crippen molar-refractivity contribution in [2.45, 2.75) is 26.4 Å². The Morgan fingerprint density at radius 2 is 1.89 bits per heavy atom. The Morgan fingerprint density at radius 1 is 1.22 bits per heavy atom. The normalized spacial score (nSPS) is 12.4. The Morgan fingerprint density at radius 3 is 2.61 bits per heavy atom. The highest BCUT2D eigenvalue weighted by molar-refractivity contribution is 5.84. The average molecular weight is 242 g/mol. The molecule has 0 saturated carbocycles. The number of hydrogen-bond donors (Lipinski definition) is 2. The second-order valence-electron chi connectivity index (χ2n) is 4.69. The summed E-state index contributed by atoms with van der Waals surface area (Å²) in [6, 6.07) is 12.1. The standard InChI is InChI=1S/C15H18N2O/c1-10-3-5-14-8-12(4-6-13(14)7-10)9-17-15(18)11(2)16/h3-8,11H,9,16H2,1-2H3,(H,17,18). The van der Waals surface area contributed by atoms with Crippen LogP contribution in [0.5, 0.6) is 0 Å². The van der Waals surface area contributed by atoms with Crippen molar-refractivity contribution in [1.82, 2.24) is 5.32 Å². The van der Waals surface area contributed by atoms with E-state index in [1.54, 1.807) is 6.92 Å². The van der Waals surface area contributed by atoms with Gasteiger partial charge in [0.05, 0.1) is 6.04 Å². The van der Waals surface area contributed by atoms with E-state index in [4.69, 9.17) is 5.73 Å². The first kappa shape index (κ1) is 12.6. The number of carbonyl (C=O) groups excluding carboxylic acids is 1. The van der Waals surface area contributed by atoms with Crippen LogP contribution in [-0.4, -0.2) is 11.9 Å². The molecule has 0 spiro atoms. The van der Waals surface area contributed by atoms with Crippen LogP contribution in [0.2, 0.25) is 0 Å².